The standard InChI is InChI=1S/C14H12ClNO4/c15-12-6-5-11(20-12)13(17)16-10-3-1-9(2-4-10)14-18-7-8-19-14/h1-6,14H,7-8H2,(H,16,17). The van der Waals surface area contributed by atoms with Gasteiger partial charge in [0.25, 0.3) is 5.91 Å². The fourth-order valence-corrected chi connectivity index (χ4v) is 2.05. The molecule has 1 aliphatic heterocycles. The Labute approximate surface area is 120 Å². The molecule has 1 fully saturated rings. The van der Waals surface area contributed by atoms with Gasteiger partial charge in [-0.25, -0.2) is 0 Å². The summed E-state index contributed by atoms with van der Waals surface area (Å²) in [5, 5.41) is 2.90. The average molecular weight is 294 g/mol. The first-order valence-electron chi connectivity index (χ1n) is 6.12. The second kappa shape index (κ2) is 5.66. The molecule has 0 spiro atoms. The fraction of sp³-hybridized carbons (Fsp3) is 0.214. The third-order valence-electron chi connectivity index (χ3n) is 2.86. The van der Waals surface area contributed by atoms with Crippen LogP contribution in [0.3, 0.4) is 0 Å². The number of carbonyl (C=O) groups excluding carboxylic acids is 1. The van der Waals surface area contributed by atoms with Crippen LogP contribution in [0.5, 0.6) is 0 Å². The SMILES string of the molecule is O=C(Nc1ccc(C2OCCO2)cc1)c1ccc(Cl)o1. The number of halogens is 1. The van der Waals surface area contributed by atoms with E-state index in [2.05, 4.69) is 5.32 Å². The summed E-state index contributed by atoms with van der Waals surface area (Å²) in [6.45, 7) is 1.20. The minimum atomic E-state index is -0.349. The maximum absolute atomic E-state index is 11.9. The third kappa shape index (κ3) is 2.85. The second-order valence-corrected chi connectivity index (χ2v) is 4.63. The van der Waals surface area contributed by atoms with Gasteiger partial charge in [-0.1, -0.05) is 12.1 Å². The Morgan fingerprint density at radius 1 is 1.10 bits per heavy atom. The summed E-state index contributed by atoms with van der Waals surface area (Å²) in [4.78, 5) is 11.9. The highest BCUT2D eigenvalue weighted by Crippen LogP contribution is 2.24. The van der Waals surface area contributed by atoms with Crippen LogP contribution in [0.4, 0.5) is 5.69 Å². The van der Waals surface area contributed by atoms with Crippen LogP contribution in [-0.2, 0) is 9.47 Å². The molecule has 2 aromatic rings. The van der Waals surface area contributed by atoms with E-state index in [1.165, 1.54) is 12.1 Å². The van der Waals surface area contributed by atoms with Crippen molar-refractivity contribution in [3.63, 3.8) is 0 Å². The number of hydrogen-bond donors (Lipinski definition) is 1. The van der Waals surface area contributed by atoms with Crippen molar-refractivity contribution in [2.75, 3.05) is 18.5 Å². The van der Waals surface area contributed by atoms with E-state index in [0.717, 1.165) is 5.56 Å². The lowest BCUT2D eigenvalue weighted by Crippen LogP contribution is -2.10. The molecule has 0 saturated carbocycles. The van der Waals surface area contributed by atoms with Crippen LogP contribution in [-0.4, -0.2) is 19.1 Å². The number of nitrogens with one attached hydrogen (secondary N) is 1. The van der Waals surface area contributed by atoms with E-state index in [1.54, 1.807) is 12.1 Å². The minimum Gasteiger partial charge on any atom is -0.440 e. The molecule has 0 atom stereocenters. The van der Waals surface area contributed by atoms with Crippen molar-refractivity contribution in [1.82, 2.24) is 0 Å². The van der Waals surface area contributed by atoms with Gasteiger partial charge in [-0.2, -0.15) is 0 Å². The highest BCUT2D eigenvalue weighted by Gasteiger charge is 2.18. The van der Waals surface area contributed by atoms with Crippen molar-refractivity contribution < 1.29 is 18.7 Å². The Morgan fingerprint density at radius 2 is 1.80 bits per heavy atom. The first kappa shape index (κ1) is 13.2. The zero-order valence-electron chi connectivity index (χ0n) is 10.5. The summed E-state index contributed by atoms with van der Waals surface area (Å²) in [6, 6.07) is 10.3. The van der Waals surface area contributed by atoms with Crippen LogP contribution < -0.4 is 5.32 Å². The number of anilines is 1. The van der Waals surface area contributed by atoms with E-state index in [9.17, 15) is 4.79 Å². The molecule has 20 heavy (non-hydrogen) atoms. The van der Waals surface area contributed by atoms with Gasteiger partial charge in [0.1, 0.15) is 0 Å². The van der Waals surface area contributed by atoms with E-state index in [0.29, 0.717) is 18.9 Å². The molecule has 1 aliphatic rings. The molecule has 2 heterocycles. The summed E-state index contributed by atoms with van der Waals surface area (Å²) in [5.74, 6) is -0.181. The van der Waals surface area contributed by atoms with Gasteiger partial charge in [-0.15, -0.1) is 0 Å². The number of amides is 1. The smallest absolute Gasteiger partial charge is 0.291 e. The molecule has 0 bridgehead atoms. The Kier molecular flexibility index (Phi) is 3.73. The Hall–Kier alpha value is -1.82. The van der Waals surface area contributed by atoms with Crippen LogP contribution in [0, 0.1) is 0 Å². The number of carbonyl (C=O) groups is 1. The van der Waals surface area contributed by atoms with Crippen LogP contribution in [0.15, 0.2) is 40.8 Å². The third-order valence-corrected chi connectivity index (χ3v) is 3.06. The van der Waals surface area contributed by atoms with Crippen molar-refractivity contribution in [2.45, 2.75) is 6.29 Å². The highest BCUT2D eigenvalue weighted by molar-refractivity contribution is 6.29. The second-order valence-electron chi connectivity index (χ2n) is 4.25. The lowest BCUT2D eigenvalue weighted by molar-refractivity contribution is -0.0441. The molecule has 1 aromatic heterocycles. The van der Waals surface area contributed by atoms with Crippen LogP contribution >= 0.6 is 11.6 Å². The first-order valence-corrected chi connectivity index (χ1v) is 6.50. The molecular formula is C14H12ClNO4. The topological polar surface area (TPSA) is 60.7 Å². The average Bonchev–Trinajstić information content (AvgIpc) is 3.10. The monoisotopic (exact) mass is 293 g/mol. The molecule has 1 N–H and O–H groups in total. The van der Waals surface area contributed by atoms with Crippen molar-refractivity contribution in [3.05, 3.63) is 52.9 Å². The lowest BCUT2D eigenvalue weighted by Gasteiger charge is -2.10. The summed E-state index contributed by atoms with van der Waals surface area (Å²) >= 11 is 5.63. The number of hydrogen-bond acceptors (Lipinski definition) is 4. The summed E-state index contributed by atoms with van der Waals surface area (Å²) < 4.78 is 15.8. The molecule has 0 aliphatic carbocycles. The summed E-state index contributed by atoms with van der Waals surface area (Å²) in [6.07, 6.45) is -0.316. The molecule has 0 unspecified atom stereocenters. The normalized spacial score (nSPS) is 15.4. The van der Waals surface area contributed by atoms with Gasteiger partial charge in [0, 0.05) is 11.3 Å². The molecular weight excluding hydrogens is 282 g/mol. The molecule has 1 aromatic carbocycles. The Morgan fingerprint density at radius 3 is 2.40 bits per heavy atom. The first-order chi connectivity index (χ1) is 9.72. The van der Waals surface area contributed by atoms with E-state index >= 15 is 0 Å². The number of benzene rings is 1. The molecule has 0 radical (unpaired) electrons. The minimum absolute atomic E-state index is 0.168. The molecule has 104 valence electrons. The number of furan rings is 1. The van der Waals surface area contributed by atoms with Gasteiger partial charge in [-0.05, 0) is 35.9 Å². The number of ether oxygens (including phenoxy) is 2. The molecule has 1 amide bonds. The van der Waals surface area contributed by atoms with Gasteiger partial charge < -0.3 is 19.2 Å². The maximum Gasteiger partial charge on any atom is 0.291 e. The predicted octanol–water partition coefficient (Wildman–Crippen LogP) is 3.23. The van der Waals surface area contributed by atoms with Gasteiger partial charge in [0.2, 0.25) is 0 Å². The van der Waals surface area contributed by atoms with E-state index in [-0.39, 0.29) is 23.2 Å². The quantitative estimate of drug-likeness (QED) is 0.944. The number of rotatable bonds is 3. The van der Waals surface area contributed by atoms with Crippen molar-refractivity contribution in [2.24, 2.45) is 0 Å². The van der Waals surface area contributed by atoms with Gasteiger partial charge in [-0.3, -0.25) is 4.79 Å². The molecule has 6 heteroatoms. The summed E-state index contributed by atoms with van der Waals surface area (Å²) in [5.41, 5.74) is 1.57. The van der Waals surface area contributed by atoms with Gasteiger partial charge >= 0.3 is 0 Å². The largest absolute Gasteiger partial charge is 0.440 e. The van der Waals surface area contributed by atoms with Crippen LogP contribution in [0.2, 0.25) is 5.22 Å². The van der Waals surface area contributed by atoms with E-state index in [4.69, 9.17) is 25.5 Å². The lowest BCUT2D eigenvalue weighted by atomic mass is 10.2. The molecule has 3 rings (SSSR count). The Balaban J connectivity index is 1.67. The molecule has 5 nitrogen and oxygen atoms in total. The fourth-order valence-electron chi connectivity index (χ4n) is 1.90. The van der Waals surface area contributed by atoms with Crippen LogP contribution in [0.25, 0.3) is 0 Å². The predicted molar refractivity (Wildman–Crippen MR) is 72.8 cm³/mol. The van der Waals surface area contributed by atoms with Crippen LogP contribution in [0.1, 0.15) is 22.4 Å². The highest BCUT2D eigenvalue weighted by atomic mass is 35.5. The van der Waals surface area contributed by atoms with Gasteiger partial charge in [0.15, 0.2) is 17.3 Å². The van der Waals surface area contributed by atoms with E-state index < -0.39 is 0 Å². The Bertz CT molecular complexity index is 602. The summed E-state index contributed by atoms with van der Waals surface area (Å²) in [7, 11) is 0. The van der Waals surface area contributed by atoms with E-state index in [1.807, 2.05) is 12.1 Å². The zero-order valence-corrected chi connectivity index (χ0v) is 11.2. The maximum atomic E-state index is 11.9. The van der Waals surface area contributed by atoms with Gasteiger partial charge in [0.05, 0.1) is 13.2 Å². The molecule has 1 saturated heterocycles. The van der Waals surface area contributed by atoms with Crippen molar-refractivity contribution >= 4 is 23.2 Å². The van der Waals surface area contributed by atoms with Crippen molar-refractivity contribution in [3.8, 4) is 0 Å². The van der Waals surface area contributed by atoms with Crippen molar-refractivity contribution in [1.29, 1.82) is 0 Å². The zero-order chi connectivity index (χ0) is 13.9.